The maximum Gasteiger partial charge on any atom is 0.434 e. The largest absolute Gasteiger partial charge is 0.497 e. The van der Waals surface area contributed by atoms with Crippen molar-refractivity contribution in [1.29, 1.82) is 0 Å². The van der Waals surface area contributed by atoms with Gasteiger partial charge in [0.25, 0.3) is 0 Å². The van der Waals surface area contributed by atoms with E-state index in [0.717, 1.165) is 0 Å². The normalized spacial score (nSPS) is 11.4. The first kappa shape index (κ1) is 13.8. The van der Waals surface area contributed by atoms with Crippen molar-refractivity contribution >= 4 is 5.97 Å². The van der Waals surface area contributed by atoms with Crippen molar-refractivity contribution in [2.75, 3.05) is 7.11 Å². The van der Waals surface area contributed by atoms with Gasteiger partial charge in [0.2, 0.25) is 0 Å². The monoisotopic (exact) mass is 287 g/mol. The van der Waals surface area contributed by atoms with Gasteiger partial charge >= 0.3 is 12.1 Å². The molecule has 2 aromatic rings. The topological polar surface area (TPSA) is 77.2 Å². The average molecular weight is 287 g/mol. The van der Waals surface area contributed by atoms with Gasteiger partial charge in [-0.05, 0) is 6.07 Å². The molecule has 106 valence electrons. The average Bonchev–Trinajstić information content (AvgIpc) is 2.83. The molecule has 0 atom stereocenters. The zero-order valence-corrected chi connectivity index (χ0v) is 10.0. The van der Waals surface area contributed by atoms with E-state index >= 15 is 0 Å². The van der Waals surface area contributed by atoms with Crippen molar-refractivity contribution in [1.82, 2.24) is 14.8 Å². The SMILES string of the molecule is COc1ccnc(-n2ncc(C(=O)O)c2C(F)(F)F)c1. The lowest BCUT2D eigenvalue weighted by Gasteiger charge is -2.11. The Labute approximate surface area is 110 Å². The minimum atomic E-state index is -4.88. The number of halogens is 3. The van der Waals surface area contributed by atoms with E-state index in [1.54, 1.807) is 0 Å². The van der Waals surface area contributed by atoms with Gasteiger partial charge in [0.15, 0.2) is 11.5 Å². The third-order valence-electron chi connectivity index (χ3n) is 2.44. The number of methoxy groups -OCH3 is 1. The Kier molecular flexibility index (Phi) is 3.35. The van der Waals surface area contributed by atoms with Crippen molar-refractivity contribution in [2.45, 2.75) is 6.18 Å². The summed E-state index contributed by atoms with van der Waals surface area (Å²) in [7, 11) is 1.34. The predicted octanol–water partition coefficient (Wildman–Crippen LogP) is 1.99. The maximum absolute atomic E-state index is 13.0. The van der Waals surface area contributed by atoms with E-state index < -0.39 is 23.4 Å². The van der Waals surface area contributed by atoms with E-state index in [1.807, 2.05) is 0 Å². The fourth-order valence-electron chi connectivity index (χ4n) is 1.59. The first-order valence-electron chi connectivity index (χ1n) is 5.23. The van der Waals surface area contributed by atoms with Crippen LogP contribution in [0.3, 0.4) is 0 Å². The fraction of sp³-hybridized carbons (Fsp3) is 0.182. The van der Waals surface area contributed by atoms with Crippen molar-refractivity contribution in [2.24, 2.45) is 0 Å². The van der Waals surface area contributed by atoms with Gasteiger partial charge in [0.1, 0.15) is 11.3 Å². The first-order valence-corrected chi connectivity index (χ1v) is 5.23. The van der Waals surface area contributed by atoms with Crippen LogP contribution in [0.2, 0.25) is 0 Å². The minimum absolute atomic E-state index is 0.191. The second-order valence-corrected chi connectivity index (χ2v) is 3.68. The molecule has 20 heavy (non-hydrogen) atoms. The number of hydrogen-bond acceptors (Lipinski definition) is 4. The molecule has 0 aliphatic carbocycles. The molecule has 0 saturated carbocycles. The highest BCUT2D eigenvalue weighted by Crippen LogP contribution is 2.33. The number of alkyl halides is 3. The van der Waals surface area contributed by atoms with E-state index in [0.29, 0.717) is 10.9 Å². The number of carboxylic acids is 1. The summed E-state index contributed by atoms with van der Waals surface area (Å²) >= 11 is 0. The summed E-state index contributed by atoms with van der Waals surface area (Å²) in [4.78, 5) is 14.6. The lowest BCUT2D eigenvalue weighted by Crippen LogP contribution is -2.18. The molecule has 2 rings (SSSR count). The Bertz CT molecular complexity index is 652. The van der Waals surface area contributed by atoms with Crippen molar-refractivity contribution in [3.8, 4) is 11.6 Å². The number of hydrogen-bond donors (Lipinski definition) is 1. The van der Waals surface area contributed by atoms with Crippen molar-refractivity contribution in [3.63, 3.8) is 0 Å². The summed E-state index contributed by atoms with van der Waals surface area (Å²) in [5.74, 6) is -1.63. The van der Waals surface area contributed by atoms with Crippen LogP contribution in [-0.4, -0.2) is 33.0 Å². The molecule has 0 saturated heterocycles. The number of aromatic nitrogens is 3. The summed E-state index contributed by atoms with van der Waals surface area (Å²) in [6.45, 7) is 0. The highest BCUT2D eigenvalue weighted by atomic mass is 19.4. The van der Waals surface area contributed by atoms with E-state index in [9.17, 15) is 18.0 Å². The van der Waals surface area contributed by atoms with Crippen LogP contribution in [-0.2, 0) is 6.18 Å². The molecule has 2 aromatic heterocycles. The van der Waals surface area contributed by atoms with Gasteiger partial charge in [-0.2, -0.15) is 18.3 Å². The molecule has 0 radical (unpaired) electrons. The van der Waals surface area contributed by atoms with Crippen LogP contribution in [0, 0.1) is 0 Å². The van der Waals surface area contributed by atoms with Gasteiger partial charge in [0.05, 0.1) is 13.3 Å². The number of ether oxygens (including phenoxy) is 1. The Hall–Kier alpha value is -2.58. The molecule has 9 heteroatoms. The Balaban J connectivity index is 2.65. The molecule has 2 heterocycles. The van der Waals surface area contributed by atoms with Gasteiger partial charge in [-0.3, -0.25) is 0 Å². The highest BCUT2D eigenvalue weighted by Gasteiger charge is 2.40. The second kappa shape index (κ2) is 4.83. The van der Waals surface area contributed by atoms with Crippen LogP contribution in [0.15, 0.2) is 24.5 Å². The summed E-state index contributed by atoms with van der Waals surface area (Å²) in [5.41, 5.74) is -2.34. The number of pyridine rings is 1. The fourth-order valence-corrected chi connectivity index (χ4v) is 1.59. The third-order valence-corrected chi connectivity index (χ3v) is 2.44. The van der Waals surface area contributed by atoms with Gasteiger partial charge in [-0.1, -0.05) is 0 Å². The molecule has 0 amide bonds. The lowest BCUT2D eigenvalue weighted by molar-refractivity contribution is -0.143. The van der Waals surface area contributed by atoms with Crippen molar-refractivity contribution in [3.05, 3.63) is 35.8 Å². The molecule has 0 spiro atoms. The zero-order chi connectivity index (χ0) is 14.9. The number of carboxylic acid groups (broad SMARTS) is 1. The van der Waals surface area contributed by atoms with Crippen molar-refractivity contribution < 1.29 is 27.8 Å². The second-order valence-electron chi connectivity index (χ2n) is 3.68. The summed E-state index contributed by atoms with van der Waals surface area (Å²) in [6.07, 6.45) is -3.02. The Morgan fingerprint density at radius 2 is 2.15 bits per heavy atom. The quantitative estimate of drug-likeness (QED) is 0.934. The first-order chi connectivity index (χ1) is 9.34. The maximum atomic E-state index is 13.0. The molecule has 0 aliphatic heterocycles. The molecule has 0 bridgehead atoms. The van der Waals surface area contributed by atoms with Crippen LogP contribution < -0.4 is 4.74 Å². The molecule has 0 fully saturated rings. The van der Waals surface area contributed by atoms with Gasteiger partial charge in [-0.15, -0.1) is 0 Å². The highest BCUT2D eigenvalue weighted by molar-refractivity contribution is 5.89. The number of nitrogens with zero attached hydrogens (tertiary/aromatic N) is 3. The van der Waals surface area contributed by atoms with Crippen LogP contribution in [0.25, 0.3) is 5.82 Å². The van der Waals surface area contributed by atoms with Crippen LogP contribution in [0.1, 0.15) is 16.1 Å². The van der Waals surface area contributed by atoms with E-state index in [4.69, 9.17) is 9.84 Å². The summed E-state index contributed by atoms with van der Waals surface area (Å²) in [5, 5.41) is 12.2. The van der Waals surface area contributed by atoms with E-state index in [-0.39, 0.29) is 11.6 Å². The molecule has 1 N–H and O–H groups in total. The standard InChI is InChI=1S/C11H8F3N3O3/c1-20-6-2-3-15-8(4-6)17-9(11(12,13)14)7(5-16-17)10(18)19/h2-5H,1H3,(H,18,19). The van der Waals surface area contributed by atoms with E-state index in [1.165, 1.54) is 25.4 Å². The van der Waals surface area contributed by atoms with Crippen LogP contribution >= 0.6 is 0 Å². The van der Waals surface area contributed by atoms with Crippen LogP contribution in [0.4, 0.5) is 13.2 Å². The Morgan fingerprint density at radius 1 is 1.45 bits per heavy atom. The van der Waals surface area contributed by atoms with E-state index in [2.05, 4.69) is 10.1 Å². The smallest absolute Gasteiger partial charge is 0.434 e. The van der Waals surface area contributed by atoms with Gasteiger partial charge in [0, 0.05) is 12.3 Å². The van der Waals surface area contributed by atoms with Crippen LogP contribution in [0.5, 0.6) is 5.75 Å². The zero-order valence-electron chi connectivity index (χ0n) is 10.0. The number of carbonyl (C=O) groups is 1. The number of rotatable bonds is 3. The predicted molar refractivity (Wildman–Crippen MR) is 59.9 cm³/mol. The Morgan fingerprint density at radius 3 is 2.70 bits per heavy atom. The summed E-state index contributed by atoms with van der Waals surface area (Å²) in [6, 6.07) is 2.66. The molecular formula is C11H8F3N3O3. The van der Waals surface area contributed by atoms with Gasteiger partial charge in [-0.25, -0.2) is 14.5 Å². The molecule has 0 unspecified atom stereocenters. The lowest BCUT2D eigenvalue weighted by atomic mass is 10.2. The molecular weight excluding hydrogens is 279 g/mol. The molecule has 6 nitrogen and oxygen atoms in total. The third kappa shape index (κ3) is 2.42. The summed E-state index contributed by atoms with van der Waals surface area (Å²) < 4.78 is 44.3. The minimum Gasteiger partial charge on any atom is -0.497 e. The number of aromatic carboxylic acids is 1. The van der Waals surface area contributed by atoms with Gasteiger partial charge < -0.3 is 9.84 Å². The molecule has 0 aromatic carbocycles. The molecule has 0 aliphatic rings.